The van der Waals surface area contributed by atoms with Crippen molar-refractivity contribution in [1.29, 1.82) is 0 Å². The van der Waals surface area contributed by atoms with Crippen LogP contribution in [0, 0.1) is 5.82 Å². The number of Topliss-reactive ketones (excluding diaryl/α,β-unsaturated/α-hetero) is 2. The molecule has 0 bridgehead atoms. The van der Waals surface area contributed by atoms with Crippen LogP contribution in [0.25, 0.3) is 0 Å². The molecular formula is C16H12FN3O2S. The van der Waals surface area contributed by atoms with E-state index in [1.807, 2.05) is 17.5 Å². The zero-order valence-corrected chi connectivity index (χ0v) is 12.8. The van der Waals surface area contributed by atoms with Crippen molar-refractivity contribution in [3.8, 4) is 0 Å². The van der Waals surface area contributed by atoms with Crippen LogP contribution in [0.5, 0.6) is 0 Å². The SMILES string of the molecule is O=C(Cc1csc(Cc2cccc(F)c2)c1)C(=O)c1nc[nH]n1. The van der Waals surface area contributed by atoms with Crippen LogP contribution in [-0.4, -0.2) is 26.7 Å². The van der Waals surface area contributed by atoms with Gasteiger partial charge >= 0.3 is 0 Å². The fraction of sp³-hybridized carbons (Fsp3) is 0.125. The third kappa shape index (κ3) is 3.75. The van der Waals surface area contributed by atoms with E-state index < -0.39 is 11.6 Å². The molecule has 2 aromatic heterocycles. The summed E-state index contributed by atoms with van der Waals surface area (Å²) in [5, 5.41) is 7.84. The summed E-state index contributed by atoms with van der Waals surface area (Å²) in [5.41, 5.74) is 1.62. The normalized spacial score (nSPS) is 10.7. The number of carbonyl (C=O) groups is 2. The predicted molar refractivity (Wildman–Crippen MR) is 82.9 cm³/mol. The second kappa shape index (κ2) is 6.62. The molecule has 1 aromatic carbocycles. The molecule has 0 saturated heterocycles. The van der Waals surface area contributed by atoms with E-state index in [2.05, 4.69) is 15.2 Å². The minimum Gasteiger partial charge on any atom is -0.290 e. The van der Waals surface area contributed by atoms with Gasteiger partial charge in [-0.3, -0.25) is 14.7 Å². The average Bonchev–Trinajstić information content (AvgIpc) is 3.18. The molecule has 0 amide bonds. The van der Waals surface area contributed by atoms with Crippen LogP contribution in [0.3, 0.4) is 0 Å². The Hall–Kier alpha value is -2.67. The highest BCUT2D eigenvalue weighted by molar-refractivity contribution is 7.10. The van der Waals surface area contributed by atoms with Gasteiger partial charge in [-0.15, -0.1) is 16.4 Å². The molecule has 1 N–H and O–H groups in total. The van der Waals surface area contributed by atoms with Crippen molar-refractivity contribution < 1.29 is 14.0 Å². The summed E-state index contributed by atoms with van der Waals surface area (Å²) in [6.45, 7) is 0. The number of benzene rings is 1. The summed E-state index contributed by atoms with van der Waals surface area (Å²) in [7, 11) is 0. The first-order valence-electron chi connectivity index (χ1n) is 6.86. The number of H-pyrrole nitrogens is 1. The van der Waals surface area contributed by atoms with E-state index in [1.165, 1.54) is 29.8 Å². The Morgan fingerprint density at radius 3 is 2.83 bits per heavy atom. The van der Waals surface area contributed by atoms with Gasteiger partial charge in [-0.1, -0.05) is 12.1 Å². The lowest BCUT2D eigenvalue weighted by Gasteiger charge is -1.98. The maximum absolute atomic E-state index is 13.2. The summed E-state index contributed by atoms with van der Waals surface area (Å²) < 4.78 is 13.2. The first-order chi connectivity index (χ1) is 11.1. The van der Waals surface area contributed by atoms with Crippen molar-refractivity contribution in [3.05, 3.63) is 69.7 Å². The molecule has 0 aliphatic carbocycles. The molecule has 0 spiro atoms. The van der Waals surface area contributed by atoms with Crippen LogP contribution in [0.15, 0.2) is 42.0 Å². The smallest absolute Gasteiger partial charge is 0.267 e. The van der Waals surface area contributed by atoms with E-state index in [-0.39, 0.29) is 18.1 Å². The highest BCUT2D eigenvalue weighted by Gasteiger charge is 2.20. The van der Waals surface area contributed by atoms with E-state index in [0.29, 0.717) is 6.42 Å². The standard InChI is InChI=1S/C16H12FN3O2S/c17-12-3-1-2-10(4-12)5-13-6-11(8-23-13)7-14(21)15(22)16-18-9-19-20-16/h1-4,6,8-9H,5,7H2,(H,18,19,20). The predicted octanol–water partition coefficient (Wildman–Crippen LogP) is 2.59. The number of rotatable bonds is 6. The van der Waals surface area contributed by atoms with Crippen molar-refractivity contribution in [1.82, 2.24) is 15.2 Å². The molecule has 3 aromatic rings. The fourth-order valence-corrected chi connectivity index (χ4v) is 3.09. The molecule has 7 heteroatoms. The molecule has 23 heavy (non-hydrogen) atoms. The molecule has 0 unspecified atom stereocenters. The highest BCUT2D eigenvalue weighted by Crippen LogP contribution is 2.20. The number of hydrogen-bond donors (Lipinski definition) is 1. The lowest BCUT2D eigenvalue weighted by Crippen LogP contribution is -2.17. The average molecular weight is 329 g/mol. The third-order valence-corrected chi connectivity index (χ3v) is 4.20. The van der Waals surface area contributed by atoms with E-state index in [4.69, 9.17) is 0 Å². The number of thiophene rings is 1. The van der Waals surface area contributed by atoms with E-state index >= 15 is 0 Å². The first-order valence-corrected chi connectivity index (χ1v) is 7.74. The Kier molecular flexibility index (Phi) is 4.38. The van der Waals surface area contributed by atoms with Gasteiger partial charge in [0.1, 0.15) is 12.1 Å². The molecule has 5 nitrogen and oxygen atoms in total. The second-order valence-electron chi connectivity index (χ2n) is 4.98. The van der Waals surface area contributed by atoms with Crippen molar-refractivity contribution in [3.63, 3.8) is 0 Å². The number of ketones is 2. The minimum atomic E-state index is -0.705. The Morgan fingerprint density at radius 2 is 2.09 bits per heavy atom. The first kappa shape index (κ1) is 15.2. The zero-order chi connectivity index (χ0) is 16.2. The fourth-order valence-electron chi connectivity index (χ4n) is 2.17. The van der Waals surface area contributed by atoms with Crippen LogP contribution in [0.1, 0.15) is 26.6 Å². The van der Waals surface area contributed by atoms with Gasteiger partial charge in [-0.05, 0) is 34.7 Å². The quantitative estimate of drug-likeness (QED) is 0.557. The summed E-state index contributed by atoms with van der Waals surface area (Å²) in [6, 6.07) is 8.26. The zero-order valence-electron chi connectivity index (χ0n) is 12.0. The Morgan fingerprint density at radius 1 is 1.22 bits per heavy atom. The summed E-state index contributed by atoms with van der Waals surface area (Å²) in [4.78, 5) is 28.4. The third-order valence-electron chi connectivity index (χ3n) is 3.21. The number of nitrogens with zero attached hydrogens (tertiary/aromatic N) is 2. The molecule has 0 radical (unpaired) electrons. The number of hydrogen-bond acceptors (Lipinski definition) is 5. The van der Waals surface area contributed by atoms with Gasteiger partial charge in [0.15, 0.2) is 0 Å². The maximum atomic E-state index is 13.2. The number of aromatic nitrogens is 3. The van der Waals surface area contributed by atoms with E-state index in [0.717, 1.165) is 16.0 Å². The second-order valence-corrected chi connectivity index (χ2v) is 5.98. The molecule has 0 aliphatic rings. The molecule has 0 atom stereocenters. The Labute approximate surface area is 135 Å². The van der Waals surface area contributed by atoms with Crippen LogP contribution < -0.4 is 0 Å². The van der Waals surface area contributed by atoms with E-state index in [1.54, 1.807) is 6.07 Å². The maximum Gasteiger partial charge on any atom is 0.267 e. The Balaban J connectivity index is 1.65. The van der Waals surface area contributed by atoms with Gasteiger partial charge in [0.2, 0.25) is 11.6 Å². The van der Waals surface area contributed by atoms with Crippen LogP contribution in [0.4, 0.5) is 4.39 Å². The molecule has 0 aliphatic heterocycles. The van der Waals surface area contributed by atoms with Gasteiger partial charge in [0.05, 0.1) is 0 Å². The van der Waals surface area contributed by atoms with Crippen molar-refractivity contribution in [2.75, 3.05) is 0 Å². The monoisotopic (exact) mass is 329 g/mol. The van der Waals surface area contributed by atoms with Crippen molar-refractivity contribution in [2.24, 2.45) is 0 Å². The number of aromatic amines is 1. The number of halogens is 1. The van der Waals surface area contributed by atoms with Gasteiger partial charge < -0.3 is 0 Å². The summed E-state index contributed by atoms with van der Waals surface area (Å²) >= 11 is 1.48. The van der Waals surface area contributed by atoms with Gasteiger partial charge in [-0.25, -0.2) is 9.37 Å². The largest absolute Gasteiger partial charge is 0.290 e. The van der Waals surface area contributed by atoms with Gasteiger partial charge in [-0.2, -0.15) is 0 Å². The topological polar surface area (TPSA) is 75.7 Å². The van der Waals surface area contributed by atoms with Crippen LogP contribution in [-0.2, 0) is 17.6 Å². The lowest BCUT2D eigenvalue weighted by molar-refractivity contribution is -0.114. The molecule has 0 fully saturated rings. The number of nitrogens with one attached hydrogen (secondary N) is 1. The van der Waals surface area contributed by atoms with Crippen molar-refractivity contribution >= 4 is 22.9 Å². The highest BCUT2D eigenvalue weighted by atomic mass is 32.1. The molecular weight excluding hydrogens is 317 g/mol. The Bertz CT molecular complexity index is 843. The van der Waals surface area contributed by atoms with Crippen LogP contribution in [0.2, 0.25) is 0 Å². The summed E-state index contributed by atoms with van der Waals surface area (Å²) in [6.07, 6.45) is 1.85. The molecule has 116 valence electrons. The number of carbonyl (C=O) groups excluding carboxylic acids is 2. The van der Waals surface area contributed by atoms with E-state index in [9.17, 15) is 14.0 Å². The van der Waals surface area contributed by atoms with Crippen LogP contribution >= 0.6 is 11.3 Å². The molecule has 2 heterocycles. The minimum absolute atomic E-state index is 0.00697. The molecule has 3 rings (SSSR count). The summed E-state index contributed by atoms with van der Waals surface area (Å²) in [5.74, 6) is -1.65. The van der Waals surface area contributed by atoms with Gasteiger partial charge in [0.25, 0.3) is 5.78 Å². The van der Waals surface area contributed by atoms with Gasteiger partial charge in [0, 0.05) is 17.7 Å². The molecule has 0 saturated carbocycles. The van der Waals surface area contributed by atoms with Crippen molar-refractivity contribution in [2.45, 2.75) is 12.8 Å². The lowest BCUT2D eigenvalue weighted by atomic mass is 10.1.